The van der Waals surface area contributed by atoms with E-state index in [1.165, 1.54) is 30.7 Å². The molecular weight excluding hydrogens is 338 g/mol. The van der Waals surface area contributed by atoms with Gasteiger partial charge in [0.15, 0.2) is 0 Å². The second kappa shape index (κ2) is 7.27. The van der Waals surface area contributed by atoms with Gasteiger partial charge in [-0.2, -0.15) is 0 Å². The number of sulfonamides is 2. The molecule has 1 fully saturated rings. The normalized spacial score (nSPS) is 18.7. The largest absolute Gasteiger partial charge is 0.302 e. The number of piperidine rings is 1. The Bertz CT molecular complexity index is 724. The van der Waals surface area contributed by atoms with Crippen LogP contribution in [0.2, 0.25) is 0 Å². The Morgan fingerprint density at radius 3 is 2.09 bits per heavy atom. The summed E-state index contributed by atoms with van der Waals surface area (Å²) in [6.45, 7) is 4.48. The summed E-state index contributed by atoms with van der Waals surface area (Å²) in [4.78, 5) is 2.16. The molecular formula is C14H23N3O4S2. The molecule has 0 saturated carbocycles. The molecule has 0 bridgehead atoms. The zero-order chi connectivity index (χ0) is 17.1. The minimum absolute atomic E-state index is 0.0235. The minimum Gasteiger partial charge on any atom is -0.302 e. The van der Waals surface area contributed by atoms with E-state index in [1.54, 1.807) is 0 Å². The number of nitrogens with zero attached hydrogens (tertiary/aromatic N) is 1. The Hall–Kier alpha value is -1.00. The van der Waals surface area contributed by atoms with Crippen LogP contribution in [0.4, 0.5) is 0 Å². The van der Waals surface area contributed by atoms with Crippen molar-refractivity contribution in [3.8, 4) is 0 Å². The molecule has 1 aromatic carbocycles. The first kappa shape index (κ1) is 18.3. The molecule has 0 amide bonds. The van der Waals surface area contributed by atoms with Crippen LogP contribution in [-0.2, 0) is 20.0 Å². The first-order valence-corrected chi connectivity index (χ1v) is 10.6. The predicted octanol–water partition coefficient (Wildman–Crippen LogP) is 0.487. The van der Waals surface area contributed by atoms with Crippen molar-refractivity contribution >= 4 is 20.0 Å². The highest BCUT2D eigenvalue weighted by atomic mass is 32.2. The van der Waals surface area contributed by atoms with Crippen molar-refractivity contribution in [1.82, 2.24) is 9.62 Å². The molecule has 0 radical (unpaired) electrons. The average Bonchev–Trinajstić information content (AvgIpc) is 2.47. The van der Waals surface area contributed by atoms with Crippen molar-refractivity contribution in [3.05, 3.63) is 24.3 Å². The van der Waals surface area contributed by atoms with Crippen molar-refractivity contribution < 1.29 is 16.8 Å². The lowest BCUT2D eigenvalue weighted by molar-refractivity contribution is 0.215. The third-order valence-corrected chi connectivity index (χ3v) is 6.33. The zero-order valence-corrected chi connectivity index (χ0v) is 14.7. The molecule has 0 aromatic heterocycles. The minimum atomic E-state index is -3.83. The van der Waals surface area contributed by atoms with E-state index >= 15 is 0 Å². The summed E-state index contributed by atoms with van der Waals surface area (Å²) in [6, 6.07) is 4.65. The molecule has 23 heavy (non-hydrogen) atoms. The number of nitrogens with one attached hydrogen (secondary N) is 1. The van der Waals surface area contributed by atoms with E-state index in [1.807, 2.05) is 6.92 Å². The van der Waals surface area contributed by atoms with Gasteiger partial charge in [0.25, 0.3) is 0 Å². The van der Waals surface area contributed by atoms with E-state index in [9.17, 15) is 16.8 Å². The molecule has 1 heterocycles. The van der Waals surface area contributed by atoms with Crippen molar-refractivity contribution in [2.24, 2.45) is 5.14 Å². The van der Waals surface area contributed by atoms with Crippen LogP contribution in [0, 0.1) is 0 Å². The fraction of sp³-hybridized carbons (Fsp3) is 0.571. The van der Waals surface area contributed by atoms with Crippen LogP contribution in [0.1, 0.15) is 26.2 Å². The molecule has 1 aliphatic heterocycles. The van der Waals surface area contributed by atoms with Gasteiger partial charge < -0.3 is 4.90 Å². The van der Waals surface area contributed by atoms with E-state index in [2.05, 4.69) is 9.62 Å². The summed E-state index contributed by atoms with van der Waals surface area (Å²) in [5.41, 5.74) is 0. The summed E-state index contributed by atoms with van der Waals surface area (Å²) < 4.78 is 49.7. The monoisotopic (exact) mass is 361 g/mol. The van der Waals surface area contributed by atoms with Crippen LogP contribution in [0.3, 0.4) is 0 Å². The number of likely N-dealkylation sites (tertiary alicyclic amines) is 1. The third-order valence-electron chi connectivity index (χ3n) is 3.80. The van der Waals surface area contributed by atoms with Crippen molar-refractivity contribution in [2.45, 2.75) is 42.0 Å². The van der Waals surface area contributed by atoms with Gasteiger partial charge in [0, 0.05) is 12.6 Å². The van der Waals surface area contributed by atoms with Crippen molar-refractivity contribution in [1.29, 1.82) is 0 Å². The Labute approximate surface area is 138 Å². The molecule has 1 atom stereocenters. The fourth-order valence-corrected chi connectivity index (χ4v) is 4.46. The number of primary sulfonamides is 1. The van der Waals surface area contributed by atoms with Crippen LogP contribution < -0.4 is 9.86 Å². The number of benzene rings is 1. The van der Waals surface area contributed by atoms with E-state index in [0.717, 1.165) is 25.9 Å². The Morgan fingerprint density at radius 1 is 1.04 bits per heavy atom. The summed E-state index contributed by atoms with van der Waals surface area (Å²) >= 11 is 0. The van der Waals surface area contributed by atoms with Gasteiger partial charge in [-0.05, 0) is 57.1 Å². The van der Waals surface area contributed by atoms with Gasteiger partial charge in [-0.3, -0.25) is 0 Å². The van der Waals surface area contributed by atoms with E-state index in [-0.39, 0.29) is 15.8 Å². The van der Waals surface area contributed by atoms with Gasteiger partial charge in [-0.25, -0.2) is 26.7 Å². The predicted molar refractivity (Wildman–Crippen MR) is 87.9 cm³/mol. The maximum atomic E-state index is 12.3. The highest BCUT2D eigenvalue weighted by Gasteiger charge is 2.20. The third kappa shape index (κ3) is 5.25. The molecule has 0 unspecified atom stereocenters. The van der Waals surface area contributed by atoms with Crippen molar-refractivity contribution in [3.63, 3.8) is 0 Å². The van der Waals surface area contributed by atoms with Gasteiger partial charge in [-0.15, -0.1) is 0 Å². The van der Waals surface area contributed by atoms with Crippen molar-refractivity contribution in [2.75, 3.05) is 19.6 Å². The number of hydrogen-bond donors (Lipinski definition) is 2. The summed E-state index contributed by atoms with van der Waals surface area (Å²) in [5, 5.41) is 5.00. The van der Waals surface area contributed by atoms with Crippen LogP contribution in [-0.4, -0.2) is 47.4 Å². The lowest BCUT2D eigenvalue weighted by Gasteiger charge is -2.29. The van der Waals surface area contributed by atoms with E-state index in [0.29, 0.717) is 6.54 Å². The molecule has 7 nitrogen and oxygen atoms in total. The van der Waals surface area contributed by atoms with E-state index < -0.39 is 20.0 Å². The Morgan fingerprint density at radius 2 is 1.57 bits per heavy atom. The maximum Gasteiger partial charge on any atom is 0.240 e. The maximum absolute atomic E-state index is 12.3. The SMILES string of the molecule is C[C@@H](CN1CCCCC1)NS(=O)(=O)c1ccc(S(N)(=O)=O)cc1. The first-order chi connectivity index (χ1) is 10.7. The lowest BCUT2D eigenvalue weighted by Crippen LogP contribution is -2.43. The van der Waals surface area contributed by atoms with Crippen LogP contribution in [0.5, 0.6) is 0 Å². The van der Waals surface area contributed by atoms with E-state index in [4.69, 9.17) is 5.14 Å². The lowest BCUT2D eigenvalue weighted by atomic mass is 10.1. The molecule has 0 spiro atoms. The quantitative estimate of drug-likeness (QED) is 0.766. The molecule has 1 aliphatic rings. The number of rotatable bonds is 6. The van der Waals surface area contributed by atoms with Gasteiger partial charge in [0.2, 0.25) is 20.0 Å². The summed E-state index contributed by atoms with van der Waals surface area (Å²) in [5.74, 6) is 0. The average molecular weight is 361 g/mol. The number of hydrogen-bond acceptors (Lipinski definition) is 5. The Balaban J connectivity index is 2.03. The molecule has 130 valence electrons. The van der Waals surface area contributed by atoms with Gasteiger partial charge in [0.05, 0.1) is 9.79 Å². The van der Waals surface area contributed by atoms with Gasteiger partial charge in [-0.1, -0.05) is 6.42 Å². The fourth-order valence-electron chi connectivity index (χ4n) is 2.71. The molecule has 9 heteroatoms. The molecule has 1 aromatic rings. The molecule has 1 saturated heterocycles. The van der Waals surface area contributed by atoms with Crippen LogP contribution >= 0.6 is 0 Å². The van der Waals surface area contributed by atoms with Crippen LogP contribution in [0.15, 0.2) is 34.1 Å². The number of nitrogens with two attached hydrogens (primary N) is 1. The smallest absolute Gasteiger partial charge is 0.240 e. The summed E-state index contributed by atoms with van der Waals surface area (Å²) in [7, 11) is -7.51. The standard InChI is InChI=1S/C14H23N3O4S2/c1-12(11-17-9-3-2-4-10-17)16-23(20,21)14-7-5-13(6-8-14)22(15,18)19/h5-8,12,16H,2-4,9-11H2,1H3,(H2,15,18,19)/t12-/m0/s1. The van der Waals surface area contributed by atoms with Gasteiger partial charge in [0.1, 0.15) is 0 Å². The highest BCUT2D eigenvalue weighted by Crippen LogP contribution is 2.14. The molecule has 3 N–H and O–H groups in total. The highest BCUT2D eigenvalue weighted by molar-refractivity contribution is 7.89. The molecule has 0 aliphatic carbocycles. The second-order valence-electron chi connectivity index (χ2n) is 5.90. The second-order valence-corrected chi connectivity index (χ2v) is 9.18. The zero-order valence-electron chi connectivity index (χ0n) is 13.1. The molecule has 2 rings (SSSR count). The van der Waals surface area contributed by atoms with Gasteiger partial charge >= 0.3 is 0 Å². The topological polar surface area (TPSA) is 110 Å². The summed E-state index contributed by atoms with van der Waals surface area (Å²) in [6.07, 6.45) is 3.52. The Kier molecular flexibility index (Phi) is 5.79. The first-order valence-electron chi connectivity index (χ1n) is 7.56. The van der Waals surface area contributed by atoms with Crippen LogP contribution in [0.25, 0.3) is 0 Å².